The van der Waals surface area contributed by atoms with Crippen LogP contribution >= 0.6 is 0 Å². The number of carbonyl (C=O) groups excluding carboxylic acids is 1. The van der Waals surface area contributed by atoms with Gasteiger partial charge in [-0.1, -0.05) is 0 Å². The third-order valence-corrected chi connectivity index (χ3v) is 2.25. The molecule has 1 amide bonds. The molecule has 1 heterocycles. The van der Waals surface area contributed by atoms with Crippen molar-refractivity contribution in [1.82, 2.24) is 10.3 Å². The number of nitrogens with one attached hydrogen (secondary N) is 1. The average molecular weight is 223 g/mol. The molecule has 0 fully saturated rings. The lowest BCUT2D eigenvalue weighted by atomic mass is 10.2. The molecule has 0 spiro atoms. The van der Waals surface area contributed by atoms with Crippen molar-refractivity contribution in [3.05, 3.63) is 30.1 Å². The Morgan fingerprint density at radius 2 is 2.25 bits per heavy atom. The molecule has 5 nitrogen and oxygen atoms in total. The minimum absolute atomic E-state index is 0.0610. The Bertz CT molecular complexity index is 312. The molecular formula is C11H17N3O2. The summed E-state index contributed by atoms with van der Waals surface area (Å²) in [6, 6.07) is 3.72. The number of rotatable bonds is 6. The SMILES string of the molecule is COC(CN)CC(=O)NCc1ccncc1. The third kappa shape index (κ3) is 4.37. The molecule has 1 aromatic heterocycles. The lowest BCUT2D eigenvalue weighted by Crippen LogP contribution is -2.31. The molecule has 0 aromatic carbocycles. The van der Waals surface area contributed by atoms with Crippen LogP contribution in [-0.4, -0.2) is 30.6 Å². The van der Waals surface area contributed by atoms with E-state index in [0.29, 0.717) is 13.1 Å². The molecule has 3 N–H and O–H groups in total. The summed E-state index contributed by atoms with van der Waals surface area (Å²) in [4.78, 5) is 15.4. The Morgan fingerprint density at radius 1 is 1.56 bits per heavy atom. The number of hydrogen-bond donors (Lipinski definition) is 2. The zero-order valence-corrected chi connectivity index (χ0v) is 9.35. The Hall–Kier alpha value is -1.46. The molecule has 5 heteroatoms. The van der Waals surface area contributed by atoms with Crippen LogP contribution in [0.1, 0.15) is 12.0 Å². The van der Waals surface area contributed by atoms with Gasteiger partial charge in [0.15, 0.2) is 0 Å². The minimum atomic E-state index is -0.211. The highest BCUT2D eigenvalue weighted by molar-refractivity contribution is 5.76. The summed E-state index contributed by atoms with van der Waals surface area (Å²) in [5.74, 6) is -0.0610. The molecule has 0 bridgehead atoms. The predicted molar refractivity (Wildman–Crippen MR) is 60.6 cm³/mol. The second-order valence-electron chi connectivity index (χ2n) is 3.43. The maximum absolute atomic E-state index is 11.5. The van der Waals surface area contributed by atoms with Crippen molar-refractivity contribution in [3.63, 3.8) is 0 Å². The molecule has 1 aromatic rings. The van der Waals surface area contributed by atoms with Crippen molar-refractivity contribution in [2.75, 3.05) is 13.7 Å². The molecule has 1 rings (SSSR count). The van der Waals surface area contributed by atoms with Crippen LogP contribution in [0.15, 0.2) is 24.5 Å². The van der Waals surface area contributed by atoms with Crippen molar-refractivity contribution in [2.24, 2.45) is 5.73 Å². The zero-order chi connectivity index (χ0) is 11.8. The summed E-state index contributed by atoms with van der Waals surface area (Å²) in [7, 11) is 1.55. The first-order valence-corrected chi connectivity index (χ1v) is 5.14. The van der Waals surface area contributed by atoms with Gasteiger partial charge < -0.3 is 15.8 Å². The third-order valence-electron chi connectivity index (χ3n) is 2.25. The minimum Gasteiger partial charge on any atom is -0.380 e. The van der Waals surface area contributed by atoms with Crippen LogP contribution in [0.5, 0.6) is 0 Å². The van der Waals surface area contributed by atoms with Gasteiger partial charge in [0.2, 0.25) is 5.91 Å². The molecule has 16 heavy (non-hydrogen) atoms. The van der Waals surface area contributed by atoms with E-state index in [9.17, 15) is 4.79 Å². The second kappa shape index (κ2) is 6.92. The van der Waals surface area contributed by atoms with Crippen LogP contribution in [0, 0.1) is 0 Å². The van der Waals surface area contributed by atoms with E-state index in [2.05, 4.69) is 10.3 Å². The van der Waals surface area contributed by atoms with Crippen molar-refractivity contribution >= 4 is 5.91 Å². The molecule has 0 aliphatic heterocycles. The lowest BCUT2D eigenvalue weighted by molar-refractivity contribution is -0.123. The fourth-order valence-corrected chi connectivity index (χ4v) is 1.24. The van der Waals surface area contributed by atoms with Crippen LogP contribution in [0.4, 0.5) is 0 Å². The van der Waals surface area contributed by atoms with Crippen molar-refractivity contribution in [3.8, 4) is 0 Å². The highest BCUT2D eigenvalue weighted by Crippen LogP contribution is 1.98. The molecule has 0 aliphatic rings. The lowest BCUT2D eigenvalue weighted by Gasteiger charge is -2.12. The average Bonchev–Trinajstić information content (AvgIpc) is 2.34. The largest absolute Gasteiger partial charge is 0.380 e. The summed E-state index contributed by atoms with van der Waals surface area (Å²) in [5, 5.41) is 2.80. The summed E-state index contributed by atoms with van der Waals surface area (Å²) in [6.45, 7) is 0.849. The van der Waals surface area contributed by atoms with Gasteiger partial charge in [0.05, 0.1) is 12.5 Å². The Balaban J connectivity index is 2.30. The highest BCUT2D eigenvalue weighted by Gasteiger charge is 2.10. The highest BCUT2D eigenvalue weighted by atomic mass is 16.5. The molecule has 1 unspecified atom stereocenters. The second-order valence-corrected chi connectivity index (χ2v) is 3.43. The molecule has 88 valence electrons. The number of amides is 1. The summed E-state index contributed by atoms with van der Waals surface area (Å²) < 4.78 is 5.03. The first-order valence-electron chi connectivity index (χ1n) is 5.14. The van der Waals surface area contributed by atoms with E-state index < -0.39 is 0 Å². The number of ether oxygens (including phenoxy) is 1. The van der Waals surface area contributed by atoms with E-state index in [4.69, 9.17) is 10.5 Å². The van der Waals surface area contributed by atoms with Gasteiger partial charge in [-0.15, -0.1) is 0 Å². The maximum atomic E-state index is 11.5. The van der Waals surface area contributed by atoms with Gasteiger partial charge in [-0.05, 0) is 17.7 Å². The van der Waals surface area contributed by atoms with Crippen molar-refractivity contribution in [1.29, 1.82) is 0 Å². The topological polar surface area (TPSA) is 77.2 Å². The van der Waals surface area contributed by atoms with Crippen LogP contribution < -0.4 is 11.1 Å². The van der Waals surface area contributed by atoms with Gasteiger partial charge in [-0.3, -0.25) is 9.78 Å². The van der Waals surface area contributed by atoms with Crippen molar-refractivity contribution < 1.29 is 9.53 Å². The van der Waals surface area contributed by atoms with Gasteiger partial charge in [0.25, 0.3) is 0 Å². The zero-order valence-electron chi connectivity index (χ0n) is 9.35. The first-order chi connectivity index (χ1) is 7.76. The van der Waals surface area contributed by atoms with E-state index in [1.165, 1.54) is 0 Å². The maximum Gasteiger partial charge on any atom is 0.222 e. The van der Waals surface area contributed by atoms with Gasteiger partial charge in [0, 0.05) is 32.6 Å². The number of hydrogen-bond acceptors (Lipinski definition) is 4. The van der Waals surface area contributed by atoms with Crippen LogP contribution in [0.25, 0.3) is 0 Å². The number of aromatic nitrogens is 1. The van der Waals surface area contributed by atoms with Gasteiger partial charge in [-0.2, -0.15) is 0 Å². The number of pyridine rings is 1. The predicted octanol–water partition coefficient (Wildman–Crippen LogP) is 0.0616. The van der Waals surface area contributed by atoms with E-state index >= 15 is 0 Å². The number of nitrogens with zero attached hydrogens (tertiary/aromatic N) is 1. The Labute approximate surface area is 95.0 Å². The van der Waals surface area contributed by atoms with E-state index in [1.54, 1.807) is 19.5 Å². The molecule has 0 radical (unpaired) electrons. The van der Waals surface area contributed by atoms with Gasteiger partial charge in [0.1, 0.15) is 0 Å². The standard InChI is InChI=1S/C11H17N3O2/c1-16-10(7-12)6-11(15)14-8-9-2-4-13-5-3-9/h2-5,10H,6-8,12H2,1H3,(H,14,15). The number of nitrogens with two attached hydrogens (primary N) is 1. The summed E-state index contributed by atoms with van der Waals surface area (Å²) >= 11 is 0. The monoisotopic (exact) mass is 223 g/mol. The first kappa shape index (κ1) is 12.6. The molecule has 0 aliphatic carbocycles. The van der Waals surface area contributed by atoms with Gasteiger partial charge in [-0.25, -0.2) is 0 Å². The fraction of sp³-hybridized carbons (Fsp3) is 0.455. The normalized spacial score (nSPS) is 12.1. The molecular weight excluding hydrogens is 206 g/mol. The van der Waals surface area contributed by atoms with Crippen LogP contribution in [0.3, 0.4) is 0 Å². The van der Waals surface area contributed by atoms with E-state index in [1.807, 2.05) is 12.1 Å². The number of methoxy groups -OCH3 is 1. The smallest absolute Gasteiger partial charge is 0.222 e. The van der Waals surface area contributed by atoms with Crippen molar-refractivity contribution in [2.45, 2.75) is 19.1 Å². The molecule has 0 saturated carbocycles. The number of carbonyl (C=O) groups is 1. The molecule has 1 atom stereocenters. The Kier molecular flexibility index (Phi) is 5.45. The molecule has 0 saturated heterocycles. The van der Waals surface area contributed by atoms with E-state index in [0.717, 1.165) is 5.56 Å². The summed E-state index contributed by atoms with van der Waals surface area (Å²) in [6.07, 6.45) is 3.47. The van der Waals surface area contributed by atoms with Gasteiger partial charge >= 0.3 is 0 Å². The van der Waals surface area contributed by atoms with Crippen LogP contribution in [0.2, 0.25) is 0 Å². The summed E-state index contributed by atoms with van der Waals surface area (Å²) in [5.41, 5.74) is 6.44. The fourth-order valence-electron chi connectivity index (χ4n) is 1.24. The van der Waals surface area contributed by atoms with Crippen LogP contribution in [-0.2, 0) is 16.1 Å². The van der Waals surface area contributed by atoms with E-state index in [-0.39, 0.29) is 18.4 Å². The Morgan fingerprint density at radius 3 is 2.81 bits per heavy atom. The quantitative estimate of drug-likeness (QED) is 0.715.